The minimum Gasteiger partial charge on any atom is -0.458 e. The van der Waals surface area contributed by atoms with Crippen LogP contribution in [0.3, 0.4) is 0 Å². The van der Waals surface area contributed by atoms with Crippen molar-refractivity contribution in [1.82, 2.24) is 53.2 Å². The molecule has 0 aliphatic carbocycles. The minimum absolute atomic E-state index is 0.0294. The number of nitrogens with one attached hydrogen (secondary N) is 10. The largest absolute Gasteiger partial charge is 0.458 e. The normalized spacial score (nSPS) is 13.4. The zero-order valence-corrected chi connectivity index (χ0v) is 49.1. The Morgan fingerprint density at radius 1 is 0.382 bits per heavy atom. The van der Waals surface area contributed by atoms with Gasteiger partial charge >= 0.3 is 12.1 Å². The number of carbonyl (C=O) groups is 11. The summed E-state index contributed by atoms with van der Waals surface area (Å²) in [4.78, 5) is 148. The van der Waals surface area contributed by atoms with E-state index in [4.69, 9.17) is 9.47 Å². The number of rotatable bonds is 23. The van der Waals surface area contributed by atoms with E-state index in [1.165, 1.54) is 125 Å². The third kappa shape index (κ3) is 19.7. The molecule has 1 aromatic rings. The van der Waals surface area contributed by atoms with E-state index in [1.807, 2.05) is 6.07 Å². The topological polar surface area (TPSA) is 327 Å². The quantitative estimate of drug-likeness (QED) is 0.0557. The Hall–Kier alpha value is -6.81. The third-order valence-corrected chi connectivity index (χ3v) is 11.7. The van der Waals surface area contributed by atoms with Gasteiger partial charge in [-0.1, -0.05) is 44.2 Å². The van der Waals surface area contributed by atoms with E-state index in [2.05, 4.69) is 53.2 Å². The highest BCUT2D eigenvalue weighted by Crippen LogP contribution is 2.20. The molecule has 428 valence electrons. The Morgan fingerprint density at radius 2 is 0.632 bits per heavy atom. The number of carbonyl (C=O) groups excluding carboxylic acids is 11. The molecule has 23 heteroatoms. The summed E-state index contributed by atoms with van der Waals surface area (Å²) < 4.78 is 10.7. The first-order valence-electron chi connectivity index (χ1n) is 25.0. The summed E-state index contributed by atoms with van der Waals surface area (Å²) in [5.41, 5.74) is -14.9. The fourth-order valence-corrected chi connectivity index (χ4v) is 6.24. The summed E-state index contributed by atoms with van der Waals surface area (Å²) in [6.07, 6.45) is -0.841. The van der Waals surface area contributed by atoms with Crippen LogP contribution in [0.25, 0.3) is 0 Å². The van der Waals surface area contributed by atoms with E-state index in [0.29, 0.717) is 0 Å². The molecule has 0 aliphatic rings. The number of hydrogen-bond donors (Lipinski definition) is 10. The maximum absolute atomic E-state index is 13.8. The zero-order valence-electron chi connectivity index (χ0n) is 49.1. The van der Waals surface area contributed by atoms with Crippen LogP contribution in [0.2, 0.25) is 0 Å². The van der Waals surface area contributed by atoms with Gasteiger partial charge in [-0.2, -0.15) is 0 Å². The maximum Gasteiger partial charge on any atom is 0.408 e. The van der Waals surface area contributed by atoms with E-state index in [9.17, 15) is 52.7 Å². The number of alkyl carbamates (subject to hydrolysis) is 1. The first kappa shape index (κ1) is 67.2. The van der Waals surface area contributed by atoms with Gasteiger partial charge < -0.3 is 62.6 Å². The number of esters is 1. The molecule has 76 heavy (non-hydrogen) atoms. The van der Waals surface area contributed by atoms with Crippen LogP contribution >= 0.6 is 0 Å². The lowest BCUT2D eigenvalue weighted by Gasteiger charge is -2.38. The molecule has 0 bridgehead atoms. The van der Waals surface area contributed by atoms with E-state index < -0.39 is 133 Å². The summed E-state index contributed by atoms with van der Waals surface area (Å²) in [6.45, 7) is 33.4. The molecule has 1 rings (SSSR count). The Balaban J connectivity index is 2.98. The fourth-order valence-electron chi connectivity index (χ4n) is 6.24. The van der Waals surface area contributed by atoms with Gasteiger partial charge in [-0.3, -0.25) is 43.2 Å². The molecule has 1 aromatic carbocycles. The Kier molecular flexibility index (Phi) is 21.2. The van der Waals surface area contributed by atoms with Crippen molar-refractivity contribution in [3.8, 4) is 0 Å². The summed E-state index contributed by atoms with van der Waals surface area (Å²) in [7, 11) is 0. The molecule has 0 spiro atoms. The molecule has 0 aromatic heterocycles. The van der Waals surface area contributed by atoms with E-state index in [1.54, 1.807) is 58.9 Å². The molecule has 0 heterocycles. The predicted molar refractivity (Wildman–Crippen MR) is 284 cm³/mol. The molecule has 23 nitrogen and oxygen atoms in total. The number of hydrogen-bond acceptors (Lipinski definition) is 13. The van der Waals surface area contributed by atoms with Crippen molar-refractivity contribution in [2.45, 2.75) is 227 Å². The van der Waals surface area contributed by atoms with Gasteiger partial charge in [0.2, 0.25) is 53.2 Å². The van der Waals surface area contributed by atoms with Crippen molar-refractivity contribution >= 4 is 65.2 Å². The SMILES string of the molecule is CC(C)[C@H](NC(=O)OCc1ccccc1)C(=O)NC(C)(C)C(=O)NC(C)(C)C(=O)NC(C)(C)C(=O)NC(C)(C)C(=O)NC([13CH3])([13CH3])C(=O)NC(C)(C)C(=O)NC(C)(C)C(=O)NC(C)(C)C(=O)NC(C)(C)C(=O)OC(C)(C)C. The van der Waals surface area contributed by atoms with E-state index in [0.717, 1.165) is 5.56 Å². The van der Waals surface area contributed by atoms with Crippen LogP contribution in [0.4, 0.5) is 4.79 Å². The Labute approximate surface area is 448 Å². The summed E-state index contributed by atoms with van der Waals surface area (Å²) >= 11 is 0. The summed E-state index contributed by atoms with van der Waals surface area (Å²) in [5.74, 6) is -8.17. The zero-order chi connectivity index (χ0) is 59.8. The lowest BCUT2D eigenvalue weighted by Crippen LogP contribution is -2.70. The molecule has 0 unspecified atom stereocenters. The summed E-state index contributed by atoms with van der Waals surface area (Å²) in [5, 5.41) is 25.9. The molecule has 0 saturated heterocycles. The van der Waals surface area contributed by atoms with Gasteiger partial charge in [0.15, 0.2) is 0 Å². The molecule has 0 saturated carbocycles. The average molecular weight is 1080 g/mol. The van der Waals surface area contributed by atoms with Crippen LogP contribution < -0.4 is 53.2 Å². The highest BCUT2D eigenvalue weighted by molar-refractivity contribution is 6.03. The van der Waals surface area contributed by atoms with Crippen molar-refractivity contribution in [3.05, 3.63) is 35.9 Å². The van der Waals surface area contributed by atoms with Gasteiger partial charge in [-0.25, -0.2) is 9.59 Å². The van der Waals surface area contributed by atoms with Gasteiger partial charge in [0.1, 0.15) is 68.1 Å². The molecule has 10 N–H and O–H groups in total. The van der Waals surface area contributed by atoms with Gasteiger partial charge in [-0.15, -0.1) is 0 Å². The van der Waals surface area contributed by atoms with Gasteiger partial charge in [0.05, 0.1) is 0 Å². The van der Waals surface area contributed by atoms with Crippen molar-refractivity contribution in [3.63, 3.8) is 0 Å². The second kappa shape index (κ2) is 24.0. The molecular formula is C53H88N10O13. The molecular weight excluding hydrogens is 987 g/mol. The van der Waals surface area contributed by atoms with Crippen molar-refractivity contribution in [2.75, 3.05) is 0 Å². The van der Waals surface area contributed by atoms with Crippen LogP contribution in [-0.2, 0) is 64.0 Å². The van der Waals surface area contributed by atoms with Crippen LogP contribution in [-0.4, -0.2) is 127 Å². The molecule has 10 amide bonds. The molecule has 0 fully saturated rings. The Bertz CT molecular complexity index is 2380. The smallest absolute Gasteiger partial charge is 0.408 e. The maximum atomic E-state index is 13.8. The van der Waals surface area contributed by atoms with Crippen LogP contribution in [0.5, 0.6) is 0 Å². The first-order valence-corrected chi connectivity index (χ1v) is 25.0. The third-order valence-electron chi connectivity index (χ3n) is 11.7. The van der Waals surface area contributed by atoms with Crippen molar-refractivity contribution < 1.29 is 62.2 Å². The summed E-state index contributed by atoms with van der Waals surface area (Å²) in [6, 6.07) is 7.85. The average Bonchev–Trinajstić information content (AvgIpc) is 3.22. The van der Waals surface area contributed by atoms with Crippen LogP contribution in [0.15, 0.2) is 30.3 Å². The van der Waals surface area contributed by atoms with E-state index in [-0.39, 0.29) is 6.61 Å². The van der Waals surface area contributed by atoms with Gasteiger partial charge in [-0.05, 0) is 157 Å². The standard InChI is InChI=1S/C53H88N10O13/c1-30(2)32(54-43(74)75-29-31-27-25-24-26-28-31)33(64)55-45(6,7)34(65)56-46(8,9)35(66)57-47(10,11)36(67)58-48(12,13)37(68)59-49(14,15)38(69)60-50(16,17)39(70)61-51(18,19)40(71)62-52(20,21)41(72)63-53(22,23)42(73)76-44(3,4)5/h24-28,30,32H,29H2,1-23H3,(H,54,74)(H,55,64)(H,56,65)(H,57,66)(H,58,67)(H,59,68)(H,60,69)(H,61,70)(H,62,71)(H,63,72)/t32-/m0/s1/i14+1,15+1. The molecule has 0 aliphatic heterocycles. The van der Waals surface area contributed by atoms with Crippen molar-refractivity contribution in [1.29, 1.82) is 0 Å². The number of ether oxygens (including phenoxy) is 2. The molecule has 0 radical (unpaired) electrons. The van der Waals surface area contributed by atoms with Gasteiger partial charge in [0.25, 0.3) is 0 Å². The predicted octanol–water partition coefficient (Wildman–Crippen LogP) is 2.33. The Morgan fingerprint density at radius 3 is 0.882 bits per heavy atom. The lowest BCUT2D eigenvalue weighted by atomic mass is 9.94. The molecule has 1 atom stereocenters. The monoisotopic (exact) mass is 1070 g/mol. The minimum atomic E-state index is -1.72. The van der Waals surface area contributed by atoms with Crippen LogP contribution in [0.1, 0.15) is 165 Å². The number of benzene rings is 1. The van der Waals surface area contributed by atoms with E-state index >= 15 is 0 Å². The highest BCUT2D eigenvalue weighted by Gasteiger charge is 2.47. The second-order valence-corrected chi connectivity index (χ2v) is 25.2. The highest BCUT2D eigenvalue weighted by atomic mass is 16.6. The van der Waals surface area contributed by atoms with Crippen molar-refractivity contribution in [2.24, 2.45) is 5.92 Å². The number of amides is 10. The lowest BCUT2D eigenvalue weighted by molar-refractivity contribution is -0.163. The van der Waals surface area contributed by atoms with Gasteiger partial charge in [0, 0.05) is 0 Å². The second-order valence-electron chi connectivity index (χ2n) is 25.2. The van der Waals surface area contributed by atoms with Crippen LogP contribution in [0, 0.1) is 5.92 Å². The fraction of sp³-hybridized carbons (Fsp3) is 0.679. The first-order chi connectivity index (χ1) is 33.8.